The van der Waals surface area contributed by atoms with Crippen molar-refractivity contribution in [2.75, 3.05) is 0 Å². The van der Waals surface area contributed by atoms with E-state index in [4.69, 9.17) is 4.74 Å². The van der Waals surface area contributed by atoms with Gasteiger partial charge in [-0.2, -0.15) is 0 Å². The Kier molecular flexibility index (Phi) is 6.87. The Labute approximate surface area is 241 Å². The molecule has 0 aromatic rings. The highest BCUT2D eigenvalue weighted by atomic mass is 16.5. The van der Waals surface area contributed by atoms with Gasteiger partial charge in [0.15, 0.2) is 5.78 Å². The Morgan fingerprint density at radius 1 is 0.900 bits per heavy atom. The minimum absolute atomic E-state index is 0.0258. The molecule has 5 aliphatic rings. The van der Waals surface area contributed by atoms with Crippen molar-refractivity contribution in [2.24, 2.45) is 50.7 Å². The highest BCUT2D eigenvalue weighted by Crippen LogP contribution is 2.76. The Morgan fingerprint density at radius 2 is 1.57 bits per heavy atom. The molecule has 0 bridgehead atoms. The Balaban J connectivity index is 1.58. The van der Waals surface area contributed by atoms with Crippen LogP contribution in [0.4, 0.5) is 0 Å². The first-order chi connectivity index (χ1) is 18.4. The molecule has 5 nitrogen and oxygen atoms in total. The number of fused-ring (bicyclic) bond motifs is 7. The van der Waals surface area contributed by atoms with Crippen molar-refractivity contribution in [2.45, 2.75) is 126 Å². The average molecular weight is 553 g/mol. The summed E-state index contributed by atoms with van der Waals surface area (Å²) in [4.78, 5) is 37.5. The molecule has 0 aromatic heterocycles. The number of aliphatic carboxylic acids is 1. The van der Waals surface area contributed by atoms with Gasteiger partial charge in [0, 0.05) is 29.7 Å². The fourth-order valence-corrected chi connectivity index (χ4v) is 11.7. The minimum Gasteiger partial charge on any atom is -0.478 e. The van der Waals surface area contributed by atoms with Crippen molar-refractivity contribution >= 4 is 17.7 Å². The molecule has 1 N–H and O–H groups in total. The van der Waals surface area contributed by atoms with Crippen molar-refractivity contribution in [1.82, 2.24) is 0 Å². The van der Waals surface area contributed by atoms with Crippen molar-refractivity contribution in [3.05, 3.63) is 22.8 Å². The molecule has 0 aromatic carbocycles. The molecule has 0 radical (unpaired) electrons. The van der Waals surface area contributed by atoms with E-state index in [0.717, 1.165) is 56.9 Å². The van der Waals surface area contributed by atoms with E-state index in [0.29, 0.717) is 29.7 Å². The number of esters is 1. The summed E-state index contributed by atoms with van der Waals surface area (Å²) >= 11 is 0. The van der Waals surface area contributed by atoms with Gasteiger partial charge in [-0.3, -0.25) is 9.59 Å². The fourth-order valence-electron chi connectivity index (χ4n) is 11.7. The zero-order chi connectivity index (χ0) is 29.6. The van der Waals surface area contributed by atoms with Gasteiger partial charge in [-0.25, -0.2) is 4.79 Å². The topological polar surface area (TPSA) is 80.7 Å². The molecular formula is C35H52O5. The van der Waals surface area contributed by atoms with Gasteiger partial charge in [-0.05, 0) is 109 Å². The molecule has 4 saturated carbocycles. The first kappa shape index (κ1) is 29.6. The molecule has 0 heterocycles. The number of carbonyl (C=O) groups excluding carboxylic acids is 2. The standard InChI is InChI=1S/C35H52O5/c1-20(2)28-24(37)19-35(18-21(3)30(38)39)17-16-33(8)23(29(28)35)10-11-26-32(7)14-13-27(40-22(4)36)31(5,6)25(32)12-15-34(26,33)9/h18,20,23,25-27H,10-17,19H2,1-9H3,(H,38,39)/t23-,25+,26-,27+,32+,33-,34-,35-/m1/s1. The van der Waals surface area contributed by atoms with Crippen molar-refractivity contribution in [3.8, 4) is 0 Å². The highest BCUT2D eigenvalue weighted by molar-refractivity contribution is 6.01. The van der Waals surface area contributed by atoms with Crippen LogP contribution in [0.25, 0.3) is 0 Å². The van der Waals surface area contributed by atoms with Crippen LogP contribution in [0.3, 0.4) is 0 Å². The molecule has 0 unspecified atom stereocenters. The Bertz CT molecular complexity index is 1190. The second-order valence-electron chi connectivity index (χ2n) is 15.9. The van der Waals surface area contributed by atoms with Gasteiger partial charge < -0.3 is 9.84 Å². The van der Waals surface area contributed by atoms with E-state index in [1.54, 1.807) is 6.92 Å². The van der Waals surface area contributed by atoms with Crippen LogP contribution >= 0.6 is 0 Å². The van der Waals surface area contributed by atoms with Gasteiger partial charge in [0.1, 0.15) is 6.10 Å². The third-order valence-electron chi connectivity index (χ3n) is 13.6. The van der Waals surface area contributed by atoms with Crippen LogP contribution in [0.1, 0.15) is 120 Å². The van der Waals surface area contributed by atoms with E-state index in [2.05, 4.69) is 48.5 Å². The maximum absolute atomic E-state index is 13.6. The number of carboxylic acids is 1. The summed E-state index contributed by atoms with van der Waals surface area (Å²) in [5.41, 5.74) is 2.50. The molecule has 0 amide bonds. The van der Waals surface area contributed by atoms with Crippen molar-refractivity contribution in [3.63, 3.8) is 0 Å². The van der Waals surface area contributed by atoms with Gasteiger partial charge in [-0.1, -0.05) is 54.5 Å². The van der Waals surface area contributed by atoms with E-state index in [1.165, 1.54) is 12.5 Å². The maximum Gasteiger partial charge on any atom is 0.330 e. The quantitative estimate of drug-likeness (QED) is 0.283. The van der Waals surface area contributed by atoms with Crippen molar-refractivity contribution < 1.29 is 24.2 Å². The van der Waals surface area contributed by atoms with E-state index < -0.39 is 11.4 Å². The predicted molar refractivity (Wildman–Crippen MR) is 156 cm³/mol. The first-order valence-electron chi connectivity index (χ1n) is 15.8. The molecule has 5 rings (SSSR count). The lowest BCUT2D eigenvalue weighted by molar-refractivity contribution is -0.232. The predicted octanol–water partition coefficient (Wildman–Crippen LogP) is 7.93. The molecule has 0 spiro atoms. The zero-order valence-corrected chi connectivity index (χ0v) is 26.4. The maximum atomic E-state index is 13.6. The molecule has 4 fully saturated rings. The van der Waals surface area contributed by atoms with Crippen molar-refractivity contribution in [1.29, 1.82) is 0 Å². The SMILES string of the molecule is CC(=O)O[C@H]1CC[C@]2(C)[C@H]3CC[C@@H]4C5=C(C(C)C)C(=O)C[C@]5(C=C(C)C(=O)O)CC[C@@]4(C)[C@]3(C)CC[C@H]2C1(C)C. The lowest BCUT2D eigenvalue weighted by atomic mass is 9.33. The van der Waals surface area contributed by atoms with Crippen LogP contribution in [0, 0.1) is 50.7 Å². The van der Waals surface area contributed by atoms with Crippen LogP contribution < -0.4 is 0 Å². The summed E-state index contributed by atoms with van der Waals surface area (Å²) in [5.74, 6) is 0.684. The number of rotatable bonds is 4. The zero-order valence-electron chi connectivity index (χ0n) is 26.4. The molecule has 222 valence electrons. The third kappa shape index (κ3) is 3.87. The number of Topliss-reactive ketones (excluding diaryl/α,β-unsaturated/α-hetero) is 1. The molecule has 5 heteroatoms. The van der Waals surface area contributed by atoms with E-state index in [9.17, 15) is 19.5 Å². The van der Waals surface area contributed by atoms with Gasteiger partial charge in [0.2, 0.25) is 0 Å². The van der Waals surface area contributed by atoms with Crippen LogP contribution in [0.2, 0.25) is 0 Å². The first-order valence-corrected chi connectivity index (χ1v) is 15.8. The average Bonchev–Trinajstić information content (AvgIpc) is 3.13. The summed E-state index contributed by atoms with van der Waals surface area (Å²) in [6.45, 7) is 19.8. The monoisotopic (exact) mass is 552 g/mol. The van der Waals surface area contributed by atoms with E-state index in [1.807, 2.05) is 6.08 Å². The Hall–Kier alpha value is -1.91. The summed E-state index contributed by atoms with van der Waals surface area (Å²) in [6, 6.07) is 0. The smallest absolute Gasteiger partial charge is 0.330 e. The molecule has 8 atom stereocenters. The van der Waals surface area contributed by atoms with Gasteiger partial charge in [0.25, 0.3) is 0 Å². The second-order valence-corrected chi connectivity index (χ2v) is 15.9. The fraction of sp³-hybridized carbons (Fsp3) is 0.800. The van der Waals surface area contributed by atoms with Crippen LogP contribution in [0.5, 0.6) is 0 Å². The van der Waals surface area contributed by atoms with E-state index in [-0.39, 0.29) is 45.4 Å². The summed E-state index contributed by atoms with van der Waals surface area (Å²) < 4.78 is 5.89. The summed E-state index contributed by atoms with van der Waals surface area (Å²) in [5, 5.41) is 9.80. The third-order valence-corrected chi connectivity index (χ3v) is 13.6. The molecule has 40 heavy (non-hydrogen) atoms. The lowest BCUT2D eigenvalue weighted by Crippen LogP contribution is -2.65. The number of hydrogen-bond acceptors (Lipinski definition) is 4. The lowest BCUT2D eigenvalue weighted by Gasteiger charge is -2.72. The number of ketones is 1. The van der Waals surface area contributed by atoms with Crippen LogP contribution in [0.15, 0.2) is 22.8 Å². The molecule has 0 aliphatic heterocycles. The Morgan fingerprint density at radius 3 is 2.17 bits per heavy atom. The molecule has 0 saturated heterocycles. The van der Waals surface area contributed by atoms with Crippen LogP contribution in [-0.2, 0) is 19.1 Å². The number of carboxylic acid groups (broad SMARTS) is 1. The summed E-state index contributed by atoms with van der Waals surface area (Å²) in [6.07, 6.45) is 10.7. The minimum atomic E-state index is -0.888. The van der Waals surface area contributed by atoms with Gasteiger partial charge in [0.05, 0.1) is 0 Å². The number of hydrogen-bond donors (Lipinski definition) is 1. The highest BCUT2D eigenvalue weighted by Gasteiger charge is 2.70. The largest absolute Gasteiger partial charge is 0.478 e. The normalized spacial score (nSPS) is 44.5. The summed E-state index contributed by atoms with van der Waals surface area (Å²) in [7, 11) is 0. The van der Waals surface area contributed by atoms with E-state index >= 15 is 0 Å². The van der Waals surface area contributed by atoms with Crippen LogP contribution in [-0.4, -0.2) is 28.9 Å². The number of carbonyl (C=O) groups is 3. The second kappa shape index (κ2) is 9.30. The van der Waals surface area contributed by atoms with Gasteiger partial charge in [-0.15, -0.1) is 0 Å². The number of allylic oxidation sites excluding steroid dienone is 3. The number of ether oxygens (including phenoxy) is 1. The molecular weight excluding hydrogens is 500 g/mol. The molecule has 5 aliphatic carbocycles. The van der Waals surface area contributed by atoms with Gasteiger partial charge >= 0.3 is 11.9 Å².